The number of likely N-dealkylation sites (tertiary alicyclic amines) is 1. The zero-order valence-electron chi connectivity index (χ0n) is 15.9. The zero-order valence-corrected chi connectivity index (χ0v) is 16.7. The van der Waals surface area contributed by atoms with Gasteiger partial charge in [0.1, 0.15) is 10.7 Å². The highest BCUT2D eigenvalue weighted by Crippen LogP contribution is 2.20. The lowest BCUT2D eigenvalue weighted by molar-refractivity contribution is -0.118. The fraction of sp³-hybridized carbons (Fsp3) is 0.364. The van der Waals surface area contributed by atoms with Crippen molar-refractivity contribution in [2.45, 2.75) is 26.7 Å². The first-order valence-electron chi connectivity index (χ1n) is 9.40. The molecule has 0 unspecified atom stereocenters. The van der Waals surface area contributed by atoms with Crippen LogP contribution in [0.25, 0.3) is 0 Å². The van der Waals surface area contributed by atoms with E-state index < -0.39 is 0 Å². The van der Waals surface area contributed by atoms with Crippen LogP contribution in [0.3, 0.4) is 0 Å². The van der Waals surface area contributed by atoms with E-state index in [0.29, 0.717) is 5.75 Å². The van der Waals surface area contributed by atoms with Crippen molar-refractivity contribution in [3.8, 4) is 5.75 Å². The summed E-state index contributed by atoms with van der Waals surface area (Å²) < 4.78 is 5.61. The molecule has 1 heterocycles. The Hall–Kier alpha value is -2.40. The highest BCUT2D eigenvalue weighted by Gasteiger charge is 2.18. The molecule has 1 amide bonds. The lowest BCUT2D eigenvalue weighted by Crippen LogP contribution is -2.37. The third-order valence-electron chi connectivity index (χ3n) is 4.96. The number of ether oxygens (including phenoxy) is 1. The summed E-state index contributed by atoms with van der Waals surface area (Å²) >= 11 is 5.63. The molecule has 3 rings (SSSR count). The van der Waals surface area contributed by atoms with Gasteiger partial charge in [-0.1, -0.05) is 37.3 Å². The minimum atomic E-state index is -0.175. The molecular formula is C22H26N2O2S. The summed E-state index contributed by atoms with van der Waals surface area (Å²) in [7, 11) is 0. The normalized spacial score (nSPS) is 14.7. The number of anilines is 1. The van der Waals surface area contributed by atoms with Gasteiger partial charge < -0.3 is 15.0 Å². The Labute approximate surface area is 166 Å². The third kappa shape index (κ3) is 5.30. The third-order valence-corrected chi connectivity index (χ3v) is 5.46. The van der Waals surface area contributed by atoms with Crippen LogP contribution in [0.4, 0.5) is 5.69 Å². The number of piperidine rings is 1. The Kier molecular flexibility index (Phi) is 6.45. The van der Waals surface area contributed by atoms with Crippen LogP contribution in [-0.2, 0) is 4.79 Å². The van der Waals surface area contributed by atoms with Crippen molar-refractivity contribution in [2.24, 2.45) is 5.92 Å². The average molecular weight is 383 g/mol. The SMILES string of the molecule is Cc1ccccc1NC(=O)COc1ccc(C(=S)N2CCC(C)CC2)cc1. The Morgan fingerprint density at radius 3 is 2.48 bits per heavy atom. The summed E-state index contributed by atoms with van der Waals surface area (Å²) in [6.07, 6.45) is 2.38. The summed E-state index contributed by atoms with van der Waals surface area (Å²) in [5.74, 6) is 1.27. The molecule has 2 aromatic carbocycles. The van der Waals surface area contributed by atoms with Gasteiger partial charge in [-0.05, 0) is 61.6 Å². The number of aryl methyl sites for hydroxylation is 1. The molecule has 1 N–H and O–H groups in total. The number of nitrogens with zero attached hydrogens (tertiary/aromatic N) is 1. The zero-order chi connectivity index (χ0) is 19.2. The van der Waals surface area contributed by atoms with E-state index >= 15 is 0 Å². The van der Waals surface area contributed by atoms with E-state index in [1.54, 1.807) is 0 Å². The van der Waals surface area contributed by atoms with E-state index in [1.807, 2.05) is 55.5 Å². The van der Waals surface area contributed by atoms with E-state index in [1.165, 1.54) is 12.8 Å². The molecule has 0 bridgehead atoms. The van der Waals surface area contributed by atoms with E-state index in [2.05, 4.69) is 17.1 Å². The molecule has 2 aromatic rings. The second-order valence-electron chi connectivity index (χ2n) is 7.15. The van der Waals surface area contributed by atoms with E-state index in [0.717, 1.165) is 40.8 Å². The van der Waals surface area contributed by atoms with Gasteiger partial charge in [0.2, 0.25) is 0 Å². The maximum absolute atomic E-state index is 12.1. The van der Waals surface area contributed by atoms with Crippen LogP contribution in [0, 0.1) is 12.8 Å². The van der Waals surface area contributed by atoms with Crippen molar-refractivity contribution in [1.29, 1.82) is 0 Å². The van der Waals surface area contributed by atoms with E-state index in [-0.39, 0.29) is 12.5 Å². The van der Waals surface area contributed by atoms with Crippen LogP contribution in [0.5, 0.6) is 5.75 Å². The van der Waals surface area contributed by atoms with Gasteiger partial charge in [-0.3, -0.25) is 4.79 Å². The predicted octanol–water partition coefficient (Wildman–Crippen LogP) is 4.42. The van der Waals surface area contributed by atoms with Gasteiger partial charge in [0.05, 0.1) is 0 Å². The molecule has 0 spiro atoms. The minimum absolute atomic E-state index is 0.0257. The quantitative estimate of drug-likeness (QED) is 0.777. The van der Waals surface area contributed by atoms with Gasteiger partial charge in [0.15, 0.2) is 6.61 Å². The molecule has 1 aliphatic heterocycles. The van der Waals surface area contributed by atoms with Crippen molar-refractivity contribution in [3.63, 3.8) is 0 Å². The number of para-hydroxylation sites is 1. The van der Waals surface area contributed by atoms with Gasteiger partial charge in [-0.15, -0.1) is 0 Å². The lowest BCUT2D eigenvalue weighted by Gasteiger charge is -2.32. The standard InChI is InChI=1S/C22H26N2O2S/c1-16-11-13-24(14-12-16)22(27)18-7-9-19(10-8-18)26-15-21(25)23-20-6-4-3-5-17(20)2/h3-10,16H,11-15H2,1-2H3,(H,23,25). The Morgan fingerprint density at radius 1 is 1.15 bits per heavy atom. The Balaban J connectivity index is 1.51. The summed E-state index contributed by atoms with van der Waals surface area (Å²) in [5.41, 5.74) is 2.86. The van der Waals surface area contributed by atoms with Gasteiger partial charge in [-0.25, -0.2) is 0 Å². The second kappa shape index (κ2) is 9.00. The molecular weight excluding hydrogens is 356 g/mol. The maximum atomic E-state index is 12.1. The molecule has 0 radical (unpaired) electrons. The van der Waals surface area contributed by atoms with Crippen molar-refractivity contribution in [1.82, 2.24) is 4.90 Å². The van der Waals surface area contributed by atoms with Crippen LogP contribution in [0.15, 0.2) is 48.5 Å². The number of benzene rings is 2. The number of amides is 1. The van der Waals surface area contributed by atoms with Crippen LogP contribution in [-0.4, -0.2) is 35.5 Å². The Morgan fingerprint density at radius 2 is 1.81 bits per heavy atom. The molecule has 142 valence electrons. The Bertz CT molecular complexity index is 796. The fourth-order valence-corrected chi connectivity index (χ4v) is 3.45. The molecule has 1 aliphatic rings. The average Bonchev–Trinajstić information content (AvgIpc) is 2.69. The molecule has 1 fully saturated rings. The van der Waals surface area contributed by atoms with Crippen LogP contribution < -0.4 is 10.1 Å². The number of thiocarbonyl (C=S) groups is 1. The minimum Gasteiger partial charge on any atom is -0.484 e. The number of hydrogen-bond donors (Lipinski definition) is 1. The van der Waals surface area contributed by atoms with Crippen molar-refractivity contribution < 1.29 is 9.53 Å². The van der Waals surface area contributed by atoms with Crippen LogP contribution in [0.1, 0.15) is 30.9 Å². The largest absolute Gasteiger partial charge is 0.484 e. The molecule has 0 atom stereocenters. The highest BCUT2D eigenvalue weighted by atomic mass is 32.1. The van der Waals surface area contributed by atoms with Crippen LogP contribution in [0.2, 0.25) is 0 Å². The number of hydrogen-bond acceptors (Lipinski definition) is 3. The van der Waals surface area contributed by atoms with Crippen LogP contribution >= 0.6 is 12.2 Å². The first kappa shape index (κ1) is 19.4. The lowest BCUT2D eigenvalue weighted by atomic mass is 9.99. The highest BCUT2D eigenvalue weighted by molar-refractivity contribution is 7.80. The van der Waals surface area contributed by atoms with E-state index in [4.69, 9.17) is 17.0 Å². The monoisotopic (exact) mass is 382 g/mol. The first-order chi connectivity index (χ1) is 13.0. The smallest absolute Gasteiger partial charge is 0.262 e. The number of nitrogens with one attached hydrogen (secondary N) is 1. The molecule has 4 nitrogen and oxygen atoms in total. The topological polar surface area (TPSA) is 41.6 Å². The number of carbonyl (C=O) groups excluding carboxylic acids is 1. The van der Waals surface area contributed by atoms with E-state index in [9.17, 15) is 4.79 Å². The summed E-state index contributed by atoms with van der Waals surface area (Å²) in [5, 5.41) is 2.87. The van der Waals surface area contributed by atoms with Gasteiger partial charge in [0, 0.05) is 24.3 Å². The van der Waals surface area contributed by atoms with Gasteiger partial charge in [-0.2, -0.15) is 0 Å². The molecule has 0 aromatic heterocycles. The number of carbonyl (C=O) groups is 1. The summed E-state index contributed by atoms with van der Waals surface area (Å²) in [4.78, 5) is 15.3. The second-order valence-corrected chi connectivity index (χ2v) is 7.54. The summed E-state index contributed by atoms with van der Waals surface area (Å²) in [6, 6.07) is 15.4. The summed E-state index contributed by atoms with van der Waals surface area (Å²) in [6.45, 7) is 6.28. The first-order valence-corrected chi connectivity index (χ1v) is 9.81. The van der Waals surface area contributed by atoms with Crippen molar-refractivity contribution in [3.05, 3.63) is 59.7 Å². The predicted molar refractivity (Wildman–Crippen MR) is 113 cm³/mol. The molecule has 0 aliphatic carbocycles. The molecule has 5 heteroatoms. The number of rotatable bonds is 5. The van der Waals surface area contributed by atoms with Crippen molar-refractivity contribution >= 4 is 28.8 Å². The maximum Gasteiger partial charge on any atom is 0.262 e. The molecule has 1 saturated heterocycles. The fourth-order valence-electron chi connectivity index (χ4n) is 3.14. The van der Waals surface area contributed by atoms with Gasteiger partial charge in [0.25, 0.3) is 5.91 Å². The molecule has 0 saturated carbocycles. The van der Waals surface area contributed by atoms with Crippen molar-refractivity contribution in [2.75, 3.05) is 25.0 Å². The van der Waals surface area contributed by atoms with Gasteiger partial charge >= 0.3 is 0 Å². The molecule has 27 heavy (non-hydrogen) atoms.